The molecule has 0 unspecified atom stereocenters. The minimum atomic E-state index is -0.0866. The number of hydrogen-bond acceptors (Lipinski definition) is 3. The second-order valence-electron chi connectivity index (χ2n) is 6.26. The maximum atomic E-state index is 11.9. The summed E-state index contributed by atoms with van der Waals surface area (Å²) in [6.07, 6.45) is 2.41. The lowest BCUT2D eigenvalue weighted by Gasteiger charge is -2.13. The topological polar surface area (TPSA) is 55.4 Å². The Bertz CT molecular complexity index is 749. The van der Waals surface area contributed by atoms with Crippen LogP contribution in [0.1, 0.15) is 37.0 Å². The number of carbonyl (C=O) groups is 2. The van der Waals surface area contributed by atoms with Crippen LogP contribution in [-0.2, 0) is 4.79 Å². The number of carbonyl (C=O) groups excluding carboxylic acids is 2. The molecule has 0 spiro atoms. The van der Waals surface area contributed by atoms with Crippen LogP contribution in [-0.4, -0.2) is 24.3 Å². The second-order valence-corrected chi connectivity index (χ2v) is 6.26. The van der Waals surface area contributed by atoms with E-state index in [4.69, 9.17) is 4.74 Å². The summed E-state index contributed by atoms with van der Waals surface area (Å²) in [6, 6.07) is 11.4. The van der Waals surface area contributed by atoms with E-state index in [9.17, 15) is 9.59 Å². The molecule has 120 valence electrons. The van der Waals surface area contributed by atoms with Gasteiger partial charge in [-0.25, -0.2) is 0 Å². The van der Waals surface area contributed by atoms with Gasteiger partial charge in [0.25, 0.3) is 5.91 Å². The van der Waals surface area contributed by atoms with Gasteiger partial charge in [0.2, 0.25) is 0 Å². The van der Waals surface area contributed by atoms with Gasteiger partial charge in [0.05, 0.1) is 0 Å². The number of hydrogen-bond donors (Lipinski definition) is 1. The van der Waals surface area contributed by atoms with E-state index in [1.54, 1.807) is 13.0 Å². The number of rotatable bonds is 6. The number of benzene rings is 2. The number of Topliss-reactive ketones (excluding diaryl/α,β-unsaturated/α-hetero) is 1. The lowest BCUT2D eigenvalue weighted by molar-refractivity contribution is -0.123. The Morgan fingerprint density at radius 1 is 1.17 bits per heavy atom. The Hall–Kier alpha value is -2.36. The van der Waals surface area contributed by atoms with E-state index in [1.165, 1.54) is 12.8 Å². The average Bonchev–Trinajstić information content (AvgIpc) is 3.37. The van der Waals surface area contributed by atoms with Crippen LogP contribution in [0.2, 0.25) is 0 Å². The van der Waals surface area contributed by atoms with Crippen LogP contribution in [0.5, 0.6) is 5.75 Å². The van der Waals surface area contributed by atoms with Crippen molar-refractivity contribution in [1.29, 1.82) is 0 Å². The summed E-state index contributed by atoms with van der Waals surface area (Å²) < 4.78 is 5.58. The lowest BCUT2D eigenvalue weighted by Crippen LogP contribution is -2.37. The highest BCUT2D eigenvalue weighted by Gasteiger charge is 2.28. The van der Waals surface area contributed by atoms with E-state index in [0.717, 1.165) is 10.8 Å². The minimum Gasteiger partial charge on any atom is -0.484 e. The molecule has 0 aromatic heterocycles. The zero-order chi connectivity index (χ0) is 16.4. The molecule has 0 radical (unpaired) electrons. The van der Waals surface area contributed by atoms with E-state index >= 15 is 0 Å². The smallest absolute Gasteiger partial charge is 0.258 e. The molecule has 1 saturated carbocycles. The van der Waals surface area contributed by atoms with Crippen molar-refractivity contribution in [2.24, 2.45) is 5.92 Å². The third-order valence-electron chi connectivity index (χ3n) is 4.31. The summed E-state index contributed by atoms with van der Waals surface area (Å²) in [4.78, 5) is 23.3. The first-order chi connectivity index (χ1) is 11.0. The van der Waals surface area contributed by atoms with Gasteiger partial charge in [-0.1, -0.05) is 18.2 Å². The van der Waals surface area contributed by atoms with Crippen molar-refractivity contribution < 1.29 is 14.3 Å². The molecule has 1 N–H and O–H groups in total. The summed E-state index contributed by atoms with van der Waals surface area (Å²) >= 11 is 0. The highest BCUT2D eigenvalue weighted by atomic mass is 16.5. The van der Waals surface area contributed by atoms with Crippen molar-refractivity contribution in [1.82, 2.24) is 5.32 Å². The minimum absolute atomic E-state index is 0.0219. The van der Waals surface area contributed by atoms with Crippen molar-refractivity contribution in [3.63, 3.8) is 0 Å². The fraction of sp³-hybridized carbons (Fsp3) is 0.368. The van der Waals surface area contributed by atoms with Gasteiger partial charge >= 0.3 is 0 Å². The normalized spacial score (nSPS) is 15.2. The lowest BCUT2D eigenvalue weighted by atomic mass is 10.0. The standard InChI is InChI=1S/C19H21NO3/c1-12(14-3-4-14)20-19(22)11-23-18-8-7-16-9-15(13(2)21)5-6-17(16)10-18/h5-10,12,14H,3-4,11H2,1-2H3,(H,20,22)/t12-/m1/s1. The molecule has 23 heavy (non-hydrogen) atoms. The SMILES string of the molecule is CC(=O)c1ccc2cc(OCC(=O)N[C@H](C)C3CC3)ccc2c1. The quantitative estimate of drug-likeness (QED) is 0.833. The van der Waals surface area contributed by atoms with Crippen molar-refractivity contribution in [3.05, 3.63) is 42.0 Å². The van der Waals surface area contributed by atoms with Crippen molar-refractivity contribution in [2.45, 2.75) is 32.7 Å². The molecule has 0 saturated heterocycles. The summed E-state index contributed by atoms with van der Waals surface area (Å²) in [7, 11) is 0. The Morgan fingerprint density at radius 3 is 2.57 bits per heavy atom. The summed E-state index contributed by atoms with van der Waals surface area (Å²) in [5, 5.41) is 4.94. The Morgan fingerprint density at radius 2 is 1.87 bits per heavy atom. The van der Waals surface area contributed by atoms with E-state index in [2.05, 4.69) is 5.32 Å². The highest BCUT2D eigenvalue weighted by Crippen LogP contribution is 2.32. The first-order valence-corrected chi connectivity index (χ1v) is 8.00. The third kappa shape index (κ3) is 3.89. The molecule has 4 nitrogen and oxygen atoms in total. The molecule has 0 bridgehead atoms. The van der Waals surface area contributed by atoms with Gasteiger partial charge in [-0.3, -0.25) is 9.59 Å². The Kier molecular flexibility index (Phi) is 4.33. The van der Waals surface area contributed by atoms with E-state index < -0.39 is 0 Å². The highest BCUT2D eigenvalue weighted by molar-refractivity contribution is 5.98. The molecule has 0 aliphatic heterocycles. The number of ketones is 1. The largest absolute Gasteiger partial charge is 0.484 e. The maximum absolute atomic E-state index is 11.9. The second kappa shape index (κ2) is 6.41. The van der Waals surface area contributed by atoms with Gasteiger partial charge in [-0.15, -0.1) is 0 Å². The zero-order valence-electron chi connectivity index (χ0n) is 13.5. The van der Waals surface area contributed by atoms with Crippen LogP contribution in [0, 0.1) is 5.92 Å². The molecule has 2 aromatic carbocycles. The van der Waals surface area contributed by atoms with Gasteiger partial charge in [0.15, 0.2) is 12.4 Å². The van der Waals surface area contributed by atoms with Crippen molar-refractivity contribution in [2.75, 3.05) is 6.61 Å². The molecule has 3 rings (SSSR count). The van der Waals surface area contributed by atoms with Crippen LogP contribution < -0.4 is 10.1 Å². The molecule has 1 aliphatic rings. The Balaban J connectivity index is 1.62. The maximum Gasteiger partial charge on any atom is 0.258 e. The van der Waals surface area contributed by atoms with E-state index in [1.807, 2.05) is 37.3 Å². The zero-order valence-corrected chi connectivity index (χ0v) is 13.5. The van der Waals surface area contributed by atoms with Crippen LogP contribution in [0.15, 0.2) is 36.4 Å². The predicted molar refractivity (Wildman–Crippen MR) is 89.8 cm³/mol. The summed E-state index contributed by atoms with van der Waals surface area (Å²) in [6.45, 7) is 3.62. The molecule has 1 amide bonds. The fourth-order valence-corrected chi connectivity index (χ4v) is 2.69. The Labute approximate surface area is 135 Å². The van der Waals surface area contributed by atoms with Crippen LogP contribution in [0.4, 0.5) is 0 Å². The van der Waals surface area contributed by atoms with Crippen LogP contribution in [0.25, 0.3) is 10.8 Å². The number of fused-ring (bicyclic) bond motifs is 1. The number of amides is 1. The van der Waals surface area contributed by atoms with Gasteiger partial charge in [-0.2, -0.15) is 0 Å². The first-order valence-electron chi connectivity index (χ1n) is 8.00. The number of ether oxygens (including phenoxy) is 1. The van der Waals surface area contributed by atoms with Gasteiger partial charge < -0.3 is 10.1 Å². The van der Waals surface area contributed by atoms with Gasteiger partial charge in [0, 0.05) is 11.6 Å². The molecule has 4 heteroatoms. The van der Waals surface area contributed by atoms with Gasteiger partial charge in [0.1, 0.15) is 5.75 Å². The van der Waals surface area contributed by atoms with Gasteiger partial charge in [-0.05, 0) is 61.6 Å². The van der Waals surface area contributed by atoms with Crippen LogP contribution >= 0.6 is 0 Å². The molecular formula is C19H21NO3. The van der Waals surface area contributed by atoms with Crippen molar-refractivity contribution in [3.8, 4) is 5.75 Å². The summed E-state index contributed by atoms with van der Waals surface area (Å²) in [5.74, 6) is 1.25. The molecule has 2 aromatic rings. The molecular weight excluding hydrogens is 290 g/mol. The molecule has 1 atom stereocenters. The average molecular weight is 311 g/mol. The predicted octanol–water partition coefficient (Wildman–Crippen LogP) is 3.34. The number of nitrogens with one attached hydrogen (secondary N) is 1. The fourth-order valence-electron chi connectivity index (χ4n) is 2.69. The molecule has 1 aliphatic carbocycles. The van der Waals surface area contributed by atoms with Crippen molar-refractivity contribution >= 4 is 22.5 Å². The molecule has 1 fully saturated rings. The van der Waals surface area contributed by atoms with E-state index in [-0.39, 0.29) is 24.3 Å². The monoisotopic (exact) mass is 311 g/mol. The first kappa shape index (κ1) is 15.5. The van der Waals surface area contributed by atoms with E-state index in [0.29, 0.717) is 17.2 Å². The third-order valence-corrected chi connectivity index (χ3v) is 4.31. The molecule has 0 heterocycles. The summed E-state index contributed by atoms with van der Waals surface area (Å²) in [5.41, 5.74) is 0.694. The van der Waals surface area contributed by atoms with Crippen LogP contribution in [0.3, 0.4) is 0 Å².